The number of methoxy groups -OCH3 is 1. The Hall–Kier alpha value is -4.73. The number of hydrogen-bond acceptors (Lipinski definition) is 9. The van der Waals surface area contributed by atoms with E-state index in [1.807, 2.05) is 20.8 Å². The average Bonchev–Trinajstić information content (AvgIpc) is 3.09. The molecule has 2 atom stereocenters. The number of rotatable bonds is 11. The van der Waals surface area contributed by atoms with Gasteiger partial charge in [0.2, 0.25) is 11.8 Å². The summed E-state index contributed by atoms with van der Waals surface area (Å²) in [5.74, 6) is -1.21. The fraction of sp³-hybridized carbons (Fsp3) is 0.556. The van der Waals surface area contributed by atoms with Gasteiger partial charge >= 0.3 is 12.1 Å². The van der Waals surface area contributed by atoms with Crippen LogP contribution in [0.4, 0.5) is 9.18 Å². The summed E-state index contributed by atoms with van der Waals surface area (Å²) in [6.07, 6.45) is 6.56. The van der Waals surface area contributed by atoms with Gasteiger partial charge in [-0.15, -0.1) is 0 Å². The normalized spacial score (nSPS) is 17.4. The van der Waals surface area contributed by atoms with Crippen LogP contribution in [0.3, 0.4) is 0 Å². The molecule has 2 aromatic rings. The zero-order valence-electron chi connectivity index (χ0n) is 28.7. The third-order valence-electron chi connectivity index (χ3n) is 8.79. The first-order valence-electron chi connectivity index (χ1n) is 16.7. The van der Waals surface area contributed by atoms with Crippen molar-refractivity contribution in [2.75, 3.05) is 33.3 Å². The molecule has 13 heteroatoms. The van der Waals surface area contributed by atoms with Gasteiger partial charge in [0.05, 0.1) is 37.3 Å². The third kappa shape index (κ3) is 11.2. The van der Waals surface area contributed by atoms with E-state index in [1.165, 1.54) is 31.6 Å². The van der Waals surface area contributed by atoms with Crippen molar-refractivity contribution < 1.29 is 37.8 Å². The molecule has 1 aromatic heterocycles. The van der Waals surface area contributed by atoms with Crippen LogP contribution >= 0.6 is 0 Å². The van der Waals surface area contributed by atoms with E-state index in [0.717, 1.165) is 19.3 Å². The molecule has 3 amide bonds. The molecule has 0 unspecified atom stereocenters. The molecule has 0 bridgehead atoms. The van der Waals surface area contributed by atoms with Crippen molar-refractivity contribution in [3.63, 3.8) is 0 Å². The Morgan fingerprint density at radius 1 is 1.08 bits per heavy atom. The highest BCUT2D eigenvalue weighted by Crippen LogP contribution is 2.27. The summed E-state index contributed by atoms with van der Waals surface area (Å²) in [6.45, 7) is 7.63. The first kappa shape index (κ1) is 37.1. The van der Waals surface area contributed by atoms with Crippen LogP contribution in [0.15, 0.2) is 36.7 Å². The number of halogens is 1. The maximum atomic E-state index is 14.0. The molecule has 0 spiro atoms. The lowest BCUT2D eigenvalue weighted by Gasteiger charge is -2.35. The van der Waals surface area contributed by atoms with Crippen LogP contribution in [-0.4, -0.2) is 77.6 Å². The van der Waals surface area contributed by atoms with Gasteiger partial charge in [0.15, 0.2) is 0 Å². The second-order valence-corrected chi connectivity index (χ2v) is 13.6. The van der Waals surface area contributed by atoms with Crippen molar-refractivity contribution in [3.05, 3.63) is 59.2 Å². The first-order valence-corrected chi connectivity index (χ1v) is 16.7. The number of benzene rings is 1. The fourth-order valence-electron chi connectivity index (χ4n) is 6.04. The zero-order valence-corrected chi connectivity index (χ0v) is 28.7. The lowest BCUT2D eigenvalue weighted by Crippen LogP contribution is -2.46. The molecule has 12 nitrogen and oxygen atoms in total. The van der Waals surface area contributed by atoms with Crippen molar-refractivity contribution in [1.82, 2.24) is 20.1 Å². The smallest absolute Gasteiger partial charge is 0.410 e. The van der Waals surface area contributed by atoms with Gasteiger partial charge < -0.3 is 29.3 Å². The summed E-state index contributed by atoms with van der Waals surface area (Å²) < 4.78 is 30.2. The fourth-order valence-corrected chi connectivity index (χ4v) is 6.04. The van der Waals surface area contributed by atoms with Gasteiger partial charge in [-0.1, -0.05) is 6.07 Å². The number of piperidine rings is 2. The van der Waals surface area contributed by atoms with E-state index in [0.29, 0.717) is 61.7 Å². The molecule has 0 aliphatic carbocycles. The van der Waals surface area contributed by atoms with E-state index >= 15 is 0 Å². The molecule has 2 aliphatic rings. The maximum absolute atomic E-state index is 14.0. The molecule has 264 valence electrons. The monoisotopic (exact) mass is 679 g/mol. The van der Waals surface area contributed by atoms with Crippen LogP contribution in [0.5, 0.6) is 5.75 Å². The van der Waals surface area contributed by atoms with E-state index in [2.05, 4.69) is 10.3 Å². The molecule has 2 fully saturated rings. The Morgan fingerprint density at radius 3 is 2.51 bits per heavy atom. The van der Waals surface area contributed by atoms with Crippen molar-refractivity contribution in [2.45, 2.75) is 84.0 Å². The molecule has 0 radical (unpaired) electrons. The summed E-state index contributed by atoms with van der Waals surface area (Å²) in [7, 11) is 1.27. The third-order valence-corrected chi connectivity index (χ3v) is 8.79. The molecule has 3 heterocycles. The second-order valence-electron chi connectivity index (χ2n) is 13.6. The Bertz CT molecular complexity index is 1530. The number of aromatic nitrogens is 1. The summed E-state index contributed by atoms with van der Waals surface area (Å²) in [4.78, 5) is 59.1. The van der Waals surface area contributed by atoms with Crippen LogP contribution in [0.2, 0.25) is 0 Å². The molecule has 4 rings (SSSR count). The van der Waals surface area contributed by atoms with Crippen molar-refractivity contribution in [3.8, 4) is 11.8 Å². The van der Waals surface area contributed by atoms with Crippen LogP contribution in [-0.2, 0) is 30.5 Å². The summed E-state index contributed by atoms with van der Waals surface area (Å²) in [5.41, 5.74) is 0.430. The number of nitrogens with one attached hydrogen (secondary N) is 1. The number of carbonyl (C=O) groups is 4. The average molecular weight is 680 g/mol. The van der Waals surface area contributed by atoms with Crippen molar-refractivity contribution in [2.24, 2.45) is 11.8 Å². The Morgan fingerprint density at radius 2 is 1.84 bits per heavy atom. The number of likely N-dealkylation sites (tertiary alicyclic amines) is 2. The van der Waals surface area contributed by atoms with Crippen LogP contribution in [0.25, 0.3) is 0 Å². The van der Waals surface area contributed by atoms with Crippen LogP contribution < -0.4 is 10.1 Å². The molecule has 49 heavy (non-hydrogen) atoms. The highest BCUT2D eigenvalue weighted by Gasteiger charge is 2.32. The highest BCUT2D eigenvalue weighted by atomic mass is 19.1. The molecule has 0 saturated carbocycles. The molecular formula is C36H46FN5O7. The largest absolute Gasteiger partial charge is 0.487 e. The molecule has 1 aromatic carbocycles. The number of carbonyl (C=O) groups excluding carboxylic acids is 4. The number of hydrogen-bond donors (Lipinski definition) is 1. The summed E-state index contributed by atoms with van der Waals surface area (Å²) in [5, 5.41) is 11.9. The number of pyridine rings is 1. The molecular weight excluding hydrogens is 633 g/mol. The van der Waals surface area contributed by atoms with E-state index in [-0.39, 0.29) is 43.0 Å². The maximum Gasteiger partial charge on any atom is 0.410 e. The number of ether oxygens (including phenoxy) is 3. The number of nitriles is 1. The highest BCUT2D eigenvalue weighted by molar-refractivity contribution is 5.82. The standard InChI is InChI=1S/C36H46FN5O7/c1-36(2,3)49-35(46)41-14-11-24(12-15-41)8-10-32(43)42-13-5-6-27(22-42)34(45)40-31(18-33(44)47-4)28-17-29(21-39-20-28)48-23-25-7-9-26(19-38)30(37)16-25/h7,9,16-17,20-21,24,27,31H,5-6,8,10-15,18,22-23H2,1-4H3,(H,40,45)/t27-,31+/m1/s1. The van der Waals surface area contributed by atoms with Gasteiger partial charge in [-0.25, -0.2) is 9.18 Å². The van der Waals surface area contributed by atoms with Gasteiger partial charge in [0, 0.05) is 38.8 Å². The lowest BCUT2D eigenvalue weighted by atomic mass is 9.91. The minimum atomic E-state index is -0.763. The van der Waals surface area contributed by atoms with E-state index in [9.17, 15) is 23.6 Å². The van der Waals surface area contributed by atoms with Crippen LogP contribution in [0, 0.1) is 29.0 Å². The van der Waals surface area contributed by atoms with E-state index < -0.39 is 29.3 Å². The minimum Gasteiger partial charge on any atom is -0.487 e. The number of esters is 1. The van der Waals surface area contributed by atoms with Crippen molar-refractivity contribution in [1.29, 1.82) is 5.26 Å². The van der Waals surface area contributed by atoms with Gasteiger partial charge in [0.25, 0.3) is 0 Å². The zero-order chi connectivity index (χ0) is 35.6. The Labute approximate surface area is 286 Å². The minimum absolute atomic E-state index is 0.00868. The van der Waals surface area contributed by atoms with Crippen LogP contribution in [0.1, 0.15) is 88.4 Å². The summed E-state index contributed by atoms with van der Waals surface area (Å²) in [6, 6.07) is 6.86. The summed E-state index contributed by atoms with van der Waals surface area (Å²) >= 11 is 0. The van der Waals surface area contributed by atoms with Gasteiger partial charge in [-0.05, 0) is 88.1 Å². The van der Waals surface area contributed by atoms with E-state index in [1.54, 1.807) is 28.0 Å². The lowest BCUT2D eigenvalue weighted by molar-refractivity contribution is -0.141. The van der Waals surface area contributed by atoms with Gasteiger partial charge in [0.1, 0.15) is 29.8 Å². The Kier molecular flexibility index (Phi) is 12.9. The molecule has 1 N–H and O–H groups in total. The predicted octanol–water partition coefficient (Wildman–Crippen LogP) is 5.06. The SMILES string of the molecule is COC(=O)C[C@H](NC(=O)[C@@H]1CCCN(C(=O)CCC2CCN(C(=O)OC(C)(C)C)CC2)C1)c1cncc(OCc2ccc(C#N)c(F)c2)c1. The second kappa shape index (κ2) is 17.1. The van der Waals surface area contributed by atoms with Crippen molar-refractivity contribution >= 4 is 23.9 Å². The van der Waals surface area contributed by atoms with Gasteiger partial charge in [-0.2, -0.15) is 5.26 Å². The number of amides is 3. The Balaban J connectivity index is 1.30. The quantitative estimate of drug-likeness (QED) is 0.322. The topological polar surface area (TPSA) is 151 Å². The number of nitrogens with zero attached hydrogens (tertiary/aromatic N) is 4. The molecule has 2 saturated heterocycles. The molecule has 2 aliphatic heterocycles. The van der Waals surface area contributed by atoms with E-state index in [4.69, 9.17) is 19.5 Å². The predicted molar refractivity (Wildman–Crippen MR) is 176 cm³/mol. The van der Waals surface area contributed by atoms with Gasteiger partial charge in [-0.3, -0.25) is 19.4 Å². The first-order chi connectivity index (χ1) is 23.3.